The van der Waals surface area contributed by atoms with Crippen molar-refractivity contribution >= 4 is 0 Å². The number of aryl methyl sites for hydroxylation is 3. The van der Waals surface area contributed by atoms with E-state index in [1.54, 1.807) is 0 Å². The van der Waals surface area contributed by atoms with Crippen molar-refractivity contribution in [2.75, 3.05) is 6.54 Å². The monoisotopic (exact) mass is 223 g/mol. The van der Waals surface area contributed by atoms with Gasteiger partial charge in [0.25, 0.3) is 0 Å². The summed E-state index contributed by atoms with van der Waals surface area (Å²) in [5.41, 5.74) is 8.54. The van der Waals surface area contributed by atoms with Crippen molar-refractivity contribution in [1.82, 2.24) is 0 Å². The van der Waals surface area contributed by atoms with E-state index in [2.05, 4.69) is 13.8 Å². The molecule has 16 heavy (non-hydrogen) atoms. The Hall–Kier alpha value is -0.890. The van der Waals surface area contributed by atoms with Gasteiger partial charge in [0.15, 0.2) is 0 Å². The summed E-state index contributed by atoms with van der Waals surface area (Å²) in [6.07, 6.45) is 2.00. The van der Waals surface area contributed by atoms with Crippen LogP contribution in [0.2, 0.25) is 0 Å². The Balaban J connectivity index is 2.76. The first kappa shape index (κ1) is 13.2. The van der Waals surface area contributed by atoms with Crippen molar-refractivity contribution < 1.29 is 4.39 Å². The fraction of sp³-hybridized carbons (Fsp3) is 0.571. The summed E-state index contributed by atoms with van der Waals surface area (Å²) >= 11 is 0. The van der Waals surface area contributed by atoms with E-state index in [1.165, 1.54) is 5.56 Å². The smallest absolute Gasteiger partial charge is 0.129 e. The molecule has 0 aliphatic heterocycles. The van der Waals surface area contributed by atoms with Gasteiger partial charge in [-0.1, -0.05) is 26.0 Å². The number of halogens is 1. The molecule has 1 aromatic rings. The van der Waals surface area contributed by atoms with E-state index < -0.39 is 0 Å². The molecule has 0 amide bonds. The maximum absolute atomic E-state index is 13.4. The molecular formula is C14H22FN. The predicted octanol–water partition coefficient (Wildman–Crippen LogP) is 3.36. The minimum Gasteiger partial charge on any atom is -0.330 e. The Labute approximate surface area is 97.9 Å². The molecule has 0 aromatic heterocycles. The van der Waals surface area contributed by atoms with Crippen LogP contribution in [0.15, 0.2) is 12.1 Å². The molecule has 0 fully saturated rings. The molecule has 2 N–H and O–H groups in total. The summed E-state index contributed by atoms with van der Waals surface area (Å²) in [6, 6.07) is 3.88. The third-order valence-electron chi connectivity index (χ3n) is 3.14. The molecule has 1 aromatic carbocycles. The van der Waals surface area contributed by atoms with Gasteiger partial charge in [-0.25, -0.2) is 4.39 Å². The van der Waals surface area contributed by atoms with Gasteiger partial charge in [0, 0.05) is 0 Å². The zero-order valence-corrected chi connectivity index (χ0v) is 10.7. The molecule has 1 nitrogen and oxygen atoms in total. The Morgan fingerprint density at radius 1 is 1.19 bits per heavy atom. The standard InChI is InChI=1S/C14H22FN/c1-10-7-12(8-11(2)13(10)15)5-6-14(3,4)9-16/h7-8H,5-6,9,16H2,1-4H3. The van der Waals surface area contributed by atoms with Crippen molar-refractivity contribution in [3.05, 3.63) is 34.6 Å². The van der Waals surface area contributed by atoms with Crippen LogP contribution in [0.25, 0.3) is 0 Å². The average molecular weight is 223 g/mol. The Morgan fingerprint density at radius 2 is 1.69 bits per heavy atom. The fourth-order valence-electron chi connectivity index (χ4n) is 1.76. The molecule has 0 saturated carbocycles. The van der Waals surface area contributed by atoms with Crippen LogP contribution in [0.4, 0.5) is 4.39 Å². The van der Waals surface area contributed by atoms with Gasteiger partial charge >= 0.3 is 0 Å². The molecule has 90 valence electrons. The quantitative estimate of drug-likeness (QED) is 0.832. The normalized spacial score (nSPS) is 11.9. The molecule has 0 spiro atoms. The first-order valence-corrected chi connectivity index (χ1v) is 5.81. The largest absolute Gasteiger partial charge is 0.330 e. The molecule has 0 aliphatic carbocycles. The summed E-state index contributed by atoms with van der Waals surface area (Å²) in [5, 5.41) is 0. The maximum atomic E-state index is 13.4. The van der Waals surface area contributed by atoms with E-state index in [-0.39, 0.29) is 11.2 Å². The second-order valence-corrected chi connectivity index (χ2v) is 5.41. The van der Waals surface area contributed by atoms with Crippen LogP contribution in [0, 0.1) is 25.1 Å². The summed E-state index contributed by atoms with van der Waals surface area (Å²) in [7, 11) is 0. The van der Waals surface area contributed by atoms with Crippen molar-refractivity contribution in [3.63, 3.8) is 0 Å². The van der Waals surface area contributed by atoms with Gasteiger partial charge in [0.1, 0.15) is 5.82 Å². The van der Waals surface area contributed by atoms with Gasteiger partial charge < -0.3 is 5.73 Å². The van der Waals surface area contributed by atoms with Gasteiger partial charge in [-0.05, 0) is 55.3 Å². The second kappa shape index (κ2) is 4.96. The van der Waals surface area contributed by atoms with E-state index >= 15 is 0 Å². The van der Waals surface area contributed by atoms with Crippen LogP contribution in [0.5, 0.6) is 0 Å². The summed E-state index contributed by atoms with van der Waals surface area (Å²) < 4.78 is 13.4. The van der Waals surface area contributed by atoms with Crippen LogP contribution in [0.3, 0.4) is 0 Å². The van der Waals surface area contributed by atoms with Crippen LogP contribution in [-0.2, 0) is 6.42 Å². The molecule has 0 heterocycles. The molecule has 2 heteroatoms. The van der Waals surface area contributed by atoms with Crippen molar-refractivity contribution in [3.8, 4) is 0 Å². The summed E-state index contributed by atoms with van der Waals surface area (Å²) in [5.74, 6) is -0.0816. The Bertz CT molecular complexity index is 346. The predicted molar refractivity (Wildman–Crippen MR) is 67.0 cm³/mol. The van der Waals surface area contributed by atoms with Gasteiger partial charge in [0.05, 0.1) is 0 Å². The molecule has 1 rings (SSSR count). The van der Waals surface area contributed by atoms with Crippen LogP contribution in [-0.4, -0.2) is 6.54 Å². The SMILES string of the molecule is Cc1cc(CCC(C)(C)CN)cc(C)c1F. The molecule has 0 aliphatic rings. The second-order valence-electron chi connectivity index (χ2n) is 5.41. The Kier molecular flexibility index (Phi) is 4.09. The van der Waals surface area contributed by atoms with Crippen molar-refractivity contribution in [2.24, 2.45) is 11.1 Å². The highest BCUT2D eigenvalue weighted by Gasteiger charge is 2.15. The molecule has 0 atom stereocenters. The topological polar surface area (TPSA) is 26.0 Å². The number of rotatable bonds is 4. The summed E-state index contributed by atoms with van der Waals surface area (Å²) in [4.78, 5) is 0. The first-order chi connectivity index (χ1) is 7.35. The number of benzene rings is 1. The highest BCUT2D eigenvalue weighted by atomic mass is 19.1. The van der Waals surface area contributed by atoms with Gasteiger partial charge in [-0.3, -0.25) is 0 Å². The zero-order chi connectivity index (χ0) is 12.3. The van der Waals surface area contributed by atoms with E-state index in [9.17, 15) is 4.39 Å². The van der Waals surface area contributed by atoms with Gasteiger partial charge in [0.2, 0.25) is 0 Å². The van der Waals surface area contributed by atoms with Crippen molar-refractivity contribution in [1.29, 1.82) is 0 Å². The molecule has 0 saturated heterocycles. The van der Waals surface area contributed by atoms with Crippen LogP contribution >= 0.6 is 0 Å². The third kappa shape index (κ3) is 3.31. The average Bonchev–Trinajstić information content (AvgIpc) is 2.23. The Morgan fingerprint density at radius 3 is 2.12 bits per heavy atom. The lowest BCUT2D eigenvalue weighted by Crippen LogP contribution is -2.24. The lowest BCUT2D eigenvalue weighted by atomic mass is 9.86. The molecule has 0 bridgehead atoms. The minimum atomic E-state index is -0.0816. The van der Waals surface area contributed by atoms with E-state index in [4.69, 9.17) is 5.73 Å². The first-order valence-electron chi connectivity index (χ1n) is 5.81. The van der Waals surface area contributed by atoms with Crippen LogP contribution in [0.1, 0.15) is 37.0 Å². The lowest BCUT2D eigenvalue weighted by molar-refractivity contribution is 0.348. The minimum absolute atomic E-state index is 0.0816. The van der Waals surface area contributed by atoms with E-state index in [0.29, 0.717) is 6.54 Å². The van der Waals surface area contributed by atoms with Crippen molar-refractivity contribution in [2.45, 2.75) is 40.5 Å². The lowest BCUT2D eigenvalue weighted by Gasteiger charge is -2.22. The zero-order valence-electron chi connectivity index (χ0n) is 10.7. The highest BCUT2D eigenvalue weighted by Crippen LogP contribution is 2.23. The molecule has 0 unspecified atom stereocenters. The van der Waals surface area contributed by atoms with E-state index in [1.807, 2.05) is 26.0 Å². The number of hydrogen-bond donors (Lipinski definition) is 1. The van der Waals surface area contributed by atoms with Gasteiger partial charge in [-0.2, -0.15) is 0 Å². The van der Waals surface area contributed by atoms with E-state index in [0.717, 1.165) is 24.0 Å². The van der Waals surface area contributed by atoms with Crippen LogP contribution < -0.4 is 5.73 Å². The third-order valence-corrected chi connectivity index (χ3v) is 3.14. The summed E-state index contributed by atoms with van der Waals surface area (Å²) in [6.45, 7) is 8.65. The molecule has 0 radical (unpaired) electrons. The highest BCUT2D eigenvalue weighted by molar-refractivity contribution is 5.30. The van der Waals surface area contributed by atoms with Gasteiger partial charge in [-0.15, -0.1) is 0 Å². The number of hydrogen-bond acceptors (Lipinski definition) is 1. The number of nitrogens with two attached hydrogens (primary N) is 1. The molecular weight excluding hydrogens is 201 g/mol. The fourth-order valence-corrected chi connectivity index (χ4v) is 1.76. The maximum Gasteiger partial charge on any atom is 0.129 e.